The summed E-state index contributed by atoms with van der Waals surface area (Å²) in [7, 11) is 3.33. The number of benzene rings is 1. The topological polar surface area (TPSA) is 34.1 Å². The molecule has 0 saturated carbocycles. The normalized spacial score (nSPS) is 13.8. The van der Waals surface area contributed by atoms with Crippen molar-refractivity contribution in [1.29, 1.82) is 0 Å². The van der Waals surface area contributed by atoms with Crippen molar-refractivity contribution in [1.82, 2.24) is 10.3 Å². The maximum Gasteiger partial charge on any atom is 0.165 e. The van der Waals surface area contributed by atoms with Gasteiger partial charge in [0.15, 0.2) is 11.6 Å². The van der Waals surface area contributed by atoms with Crippen molar-refractivity contribution in [3.8, 4) is 5.75 Å². The molecule has 20 heavy (non-hydrogen) atoms. The van der Waals surface area contributed by atoms with Crippen LogP contribution in [0.25, 0.3) is 0 Å². The fourth-order valence-corrected chi connectivity index (χ4v) is 2.40. The third kappa shape index (κ3) is 2.96. The number of nitrogens with one attached hydrogen (secondary N) is 1. The lowest BCUT2D eigenvalue weighted by Gasteiger charge is -2.24. The molecule has 0 amide bonds. The van der Waals surface area contributed by atoms with Crippen LogP contribution in [0.5, 0.6) is 5.75 Å². The molecule has 0 aliphatic rings. The summed E-state index contributed by atoms with van der Waals surface area (Å²) in [5.74, 6) is 0.0431. The standard InChI is InChI=1S/C16H19FN2O/c1-11(14-6-4-5-9-19-14)16(18-2)12-7-8-15(20-3)13(17)10-12/h4-11,16,18H,1-3H3. The second kappa shape index (κ2) is 6.48. The van der Waals surface area contributed by atoms with Crippen molar-refractivity contribution in [2.45, 2.75) is 18.9 Å². The predicted octanol–water partition coefficient (Wildman–Crippen LogP) is 3.29. The molecule has 0 aliphatic heterocycles. The zero-order chi connectivity index (χ0) is 14.5. The lowest BCUT2D eigenvalue weighted by Crippen LogP contribution is -2.23. The molecule has 2 aromatic rings. The first-order valence-corrected chi connectivity index (χ1v) is 6.59. The first-order chi connectivity index (χ1) is 9.67. The quantitative estimate of drug-likeness (QED) is 0.908. The Hall–Kier alpha value is -1.94. The minimum atomic E-state index is -0.349. The largest absolute Gasteiger partial charge is 0.494 e. The fraction of sp³-hybridized carbons (Fsp3) is 0.312. The van der Waals surface area contributed by atoms with Gasteiger partial charge in [-0.2, -0.15) is 0 Å². The molecule has 1 aromatic carbocycles. The van der Waals surface area contributed by atoms with Crippen LogP contribution < -0.4 is 10.1 Å². The molecular weight excluding hydrogens is 255 g/mol. The molecule has 0 saturated heterocycles. The third-order valence-electron chi connectivity index (χ3n) is 3.50. The maximum absolute atomic E-state index is 13.8. The highest BCUT2D eigenvalue weighted by Gasteiger charge is 2.21. The number of rotatable bonds is 5. The molecule has 2 atom stereocenters. The van der Waals surface area contributed by atoms with Gasteiger partial charge in [0.05, 0.1) is 7.11 Å². The van der Waals surface area contributed by atoms with E-state index in [2.05, 4.69) is 17.2 Å². The van der Waals surface area contributed by atoms with Crippen molar-refractivity contribution in [2.24, 2.45) is 0 Å². The number of aromatic nitrogens is 1. The zero-order valence-corrected chi connectivity index (χ0v) is 11.9. The highest BCUT2D eigenvalue weighted by molar-refractivity contribution is 5.32. The van der Waals surface area contributed by atoms with Crippen LogP contribution in [0.1, 0.15) is 30.1 Å². The number of hydrogen-bond acceptors (Lipinski definition) is 3. The molecular formula is C16H19FN2O. The number of pyridine rings is 1. The molecule has 1 heterocycles. The van der Waals surface area contributed by atoms with Gasteiger partial charge >= 0.3 is 0 Å². The van der Waals surface area contributed by atoms with Crippen LogP contribution in [-0.2, 0) is 0 Å². The lowest BCUT2D eigenvalue weighted by molar-refractivity contribution is 0.385. The van der Waals surface area contributed by atoms with E-state index in [1.807, 2.05) is 31.3 Å². The number of likely N-dealkylation sites (N-methyl/N-ethyl adjacent to an activating group) is 1. The molecule has 1 aromatic heterocycles. The molecule has 0 fully saturated rings. The number of ether oxygens (including phenoxy) is 1. The fourth-order valence-electron chi connectivity index (χ4n) is 2.40. The van der Waals surface area contributed by atoms with Gasteiger partial charge in [-0.1, -0.05) is 19.1 Å². The number of halogens is 1. The van der Waals surface area contributed by atoms with E-state index in [1.165, 1.54) is 13.2 Å². The van der Waals surface area contributed by atoms with E-state index in [-0.39, 0.29) is 23.5 Å². The minimum absolute atomic E-state index is 0.00898. The van der Waals surface area contributed by atoms with Crippen molar-refractivity contribution >= 4 is 0 Å². The van der Waals surface area contributed by atoms with Crippen molar-refractivity contribution < 1.29 is 9.13 Å². The summed E-state index contributed by atoms with van der Waals surface area (Å²) in [5, 5.41) is 3.23. The van der Waals surface area contributed by atoms with E-state index >= 15 is 0 Å². The Morgan fingerprint density at radius 3 is 2.60 bits per heavy atom. The summed E-state index contributed by atoms with van der Waals surface area (Å²) < 4.78 is 18.8. The second-order valence-electron chi connectivity index (χ2n) is 4.70. The molecule has 2 unspecified atom stereocenters. The average Bonchev–Trinajstić information content (AvgIpc) is 2.49. The van der Waals surface area contributed by atoms with E-state index < -0.39 is 0 Å². The highest BCUT2D eigenvalue weighted by atomic mass is 19.1. The van der Waals surface area contributed by atoms with Crippen molar-refractivity contribution in [3.05, 3.63) is 59.7 Å². The summed E-state index contributed by atoms with van der Waals surface area (Å²) >= 11 is 0. The number of methoxy groups -OCH3 is 1. The molecule has 0 spiro atoms. The molecule has 3 nitrogen and oxygen atoms in total. The monoisotopic (exact) mass is 274 g/mol. The smallest absolute Gasteiger partial charge is 0.165 e. The van der Waals surface area contributed by atoms with Gasteiger partial charge in [-0.3, -0.25) is 4.98 Å². The van der Waals surface area contributed by atoms with Crippen LogP contribution in [0.4, 0.5) is 4.39 Å². The van der Waals surface area contributed by atoms with E-state index in [9.17, 15) is 4.39 Å². The molecule has 2 rings (SSSR count). The zero-order valence-electron chi connectivity index (χ0n) is 11.9. The van der Waals surface area contributed by atoms with Crippen LogP contribution in [0.2, 0.25) is 0 Å². The van der Waals surface area contributed by atoms with Gasteiger partial charge in [0, 0.05) is 23.9 Å². The first kappa shape index (κ1) is 14.5. The Kier molecular flexibility index (Phi) is 4.69. The van der Waals surface area contributed by atoms with Gasteiger partial charge in [0.2, 0.25) is 0 Å². The second-order valence-corrected chi connectivity index (χ2v) is 4.70. The van der Waals surface area contributed by atoms with Crippen LogP contribution in [0.3, 0.4) is 0 Å². The summed E-state index contributed by atoms with van der Waals surface area (Å²) in [4.78, 5) is 4.37. The third-order valence-corrected chi connectivity index (χ3v) is 3.50. The summed E-state index contributed by atoms with van der Waals surface area (Å²) in [6, 6.07) is 10.9. The lowest BCUT2D eigenvalue weighted by atomic mass is 9.91. The molecule has 1 N–H and O–H groups in total. The van der Waals surface area contributed by atoms with Gasteiger partial charge < -0.3 is 10.1 Å². The predicted molar refractivity (Wildman–Crippen MR) is 77.4 cm³/mol. The van der Waals surface area contributed by atoms with E-state index in [0.29, 0.717) is 0 Å². The van der Waals surface area contributed by atoms with Crippen molar-refractivity contribution in [3.63, 3.8) is 0 Å². The van der Waals surface area contributed by atoms with Crippen LogP contribution in [0.15, 0.2) is 42.6 Å². The molecule has 4 heteroatoms. The SMILES string of the molecule is CNC(c1ccc(OC)c(F)c1)C(C)c1ccccn1. The maximum atomic E-state index is 13.8. The summed E-state index contributed by atoms with van der Waals surface area (Å²) in [5.41, 5.74) is 1.85. The van der Waals surface area contributed by atoms with Gasteiger partial charge in [-0.25, -0.2) is 4.39 Å². The van der Waals surface area contributed by atoms with Crippen LogP contribution in [-0.4, -0.2) is 19.1 Å². The molecule has 0 aliphatic carbocycles. The van der Waals surface area contributed by atoms with Crippen LogP contribution in [0, 0.1) is 5.82 Å². The summed E-state index contributed by atoms with van der Waals surface area (Å²) in [6.07, 6.45) is 1.77. The minimum Gasteiger partial charge on any atom is -0.494 e. The van der Waals surface area contributed by atoms with E-state index in [1.54, 1.807) is 12.3 Å². The Balaban J connectivity index is 2.30. The van der Waals surface area contributed by atoms with Gasteiger partial charge in [0.25, 0.3) is 0 Å². The van der Waals surface area contributed by atoms with Crippen LogP contribution >= 0.6 is 0 Å². The Labute approximate surface area is 118 Å². The van der Waals surface area contributed by atoms with Gasteiger partial charge in [-0.05, 0) is 36.9 Å². The average molecular weight is 274 g/mol. The Bertz CT molecular complexity index is 560. The van der Waals surface area contributed by atoms with E-state index in [4.69, 9.17) is 4.74 Å². The molecule has 0 bridgehead atoms. The Morgan fingerprint density at radius 1 is 1.25 bits per heavy atom. The van der Waals surface area contributed by atoms with Gasteiger partial charge in [-0.15, -0.1) is 0 Å². The first-order valence-electron chi connectivity index (χ1n) is 6.59. The highest BCUT2D eigenvalue weighted by Crippen LogP contribution is 2.31. The van der Waals surface area contributed by atoms with E-state index in [0.717, 1.165) is 11.3 Å². The molecule has 106 valence electrons. The summed E-state index contributed by atoms with van der Waals surface area (Å²) in [6.45, 7) is 2.08. The number of hydrogen-bond donors (Lipinski definition) is 1. The van der Waals surface area contributed by atoms with Gasteiger partial charge in [0.1, 0.15) is 0 Å². The van der Waals surface area contributed by atoms with Crippen molar-refractivity contribution in [2.75, 3.05) is 14.2 Å². The number of nitrogens with zero attached hydrogens (tertiary/aromatic N) is 1. The Morgan fingerprint density at radius 2 is 2.05 bits per heavy atom. The molecule has 0 radical (unpaired) electrons.